The number of sulfonamides is 1. The Morgan fingerprint density at radius 2 is 2.00 bits per heavy atom. The predicted molar refractivity (Wildman–Crippen MR) is 75.6 cm³/mol. The number of anilines is 1. The van der Waals surface area contributed by atoms with Crippen molar-refractivity contribution in [3.8, 4) is 0 Å². The van der Waals surface area contributed by atoms with Crippen LogP contribution >= 0.6 is 0 Å². The van der Waals surface area contributed by atoms with Crippen LogP contribution < -0.4 is 10.5 Å². The molecule has 0 unspecified atom stereocenters. The zero-order valence-electron chi connectivity index (χ0n) is 11.9. The van der Waals surface area contributed by atoms with E-state index in [9.17, 15) is 12.8 Å². The van der Waals surface area contributed by atoms with Crippen molar-refractivity contribution in [1.82, 2.24) is 9.88 Å². The first-order valence-electron chi connectivity index (χ1n) is 6.19. The van der Waals surface area contributed by atoms with Gasteiger partial charge in [0, 0.05) is 17.8 Å². The summed E-state index contributed by atoms with van der Waals surface area (Å²) in [5.74, 6) is -0.296. The van der Waals surface area contributed by atoms with Crippen LogP contribution in [0.1, 0.15) is 22.6 Å². The van der Waals surface area contributed by atoms with Crippen LogP contribution in [0, 0.1) is 26.6 Å². The van der Waals surface area contributed by atoms with E-state index in [0.29, 0.717) is 17.0 Å². The summed E-state index contributed by atoms with van der Waals surface area (Å²) in [5, 5.41) is 3.73. The Balaban J connectivity index is 2.32. The Kier molecular flexibility index (Phi) is 4.02. The second kappa shape index (κ2) is 5.45. The van der Waals surface area contributed by atoms with Crippen LogP contribution in [0.25, 0.3) is 0 Å². The van der Waals surface area contributed by atoms with Gasteiger partial charge in [0.15, 0.2) is 0 Å². The van der Waals surface area contributed by atoms with E-state index in [1.165, 1.54) is 13.0 Å². The molecule has 2 aromatic rings. The van der Waals surface area contributed by atoms with Crippen molar-refractivity contribution >= 4 is 15.7 Å². The second-order valence-electron chi connectivity index (χ2n) is 4.78. The van der Waals surface area contributed by atoms with Crippen molar-refractivity contribution in [3.63, 3.8) is 0 Å². The molecule has 0 atom stereocenters. The Morgan fingerprint density at radius 3 is 2.57 bits per heavy atom. The van der Waals surface area contributed by atoms with E-state index in [1.54, 1.807) is 13.8 Å². The molecule has 0 amide bonds. The fraction of sp³-hybridized carbons (Fsp3) is 0.308. The molecule has 1 aromatic carbocycles. The molecule has 0 spiro atoms. The SMILES string of the molecule is Cc1cc(N)cc(S(=O)(=O)NCc2c(C)noc2C)c1F. The molecule has 0 aliphatic heterocycles. The van der Waals surface area contributed by atoms with Crippen molar-refractivity contribution in [2.24, 2.45) is 0 Å². The molecule has 1 heterocycles. The van der Waals surface area contributed by atoms with Gasteiger partial charge in [0.2, 0.25) is 10.0 Å². The van der Waals surface area contributed by atoms with Crippen LogP contribution in [0.15, 0.2) is 21.6 Å². The number of halogens is 1. The standard InChI is InChI=1S/C13H16FN3O3S/c1-7-4-10(15)5-12(13(7)14)21(18,19)16-6-11-8(2)17-20-9(11)3/h4-5,16H,6,15H2,1-3H3. The third-order valence-electron chi connectivity index (χ3n) is 3.15. The first-order valence-corrected chi connectivity index (χ1v) is 7.67. The van der Waals surface area contributed by atoms with Gasteiger partial charge in [0.1, 0.15) is 16.5 Å². The molecule has 0 aliphatic carbocycles. The Bertz CT molecular complexity index is 765. The van der Waals surface area contributed by atoms with Gasteiger partial charge in [-0.2, -0.15) is 0 Å². The first-order chi connectivity index (χ1) is 9.72. The number of nitrogens with zero attached hydrogens (tertiary/aromatic N) is 1. The monoisotopic (exact) mass is 313 g/mol. The van der Waals surface area contributed by atoms with E-state index in [1.807, 2.05) is 0 Å². The molecule has 0 bridgehead atoms. The first kappa shape index (κ1) is 15.5. The number of nitrogens with one attached hydrogen (secondary N) is 1. The maximum Gasteiger partial charge on any atom is 0.243 e. The number of nitrogen functional groups attached to an aromatic ring is 1. The summed E-state index contributed by atoms with van der Waals surface area (Å²) < 4.78 is 45.7. The summed E-state index contributed by atoms with van der Waals surface area (Å²) in [6.07, 6.45) is 0. The maximum atomic E-state index is 14.0. The average molecular weight is 313 g/mol. The minimum absolute atomic E-state index is 0.0310. The van der Waals surface area contributed by atoms with Gasteiger partial charge in [-0.15, -0.1) is 0 Å². The Hall–Kier alpha value is -1.93. The van der Waals surface area contributed by atoms with Crippen molar-refractivity contribution in [2.45, 2.75) is 32.2 Å². The summed E-state index contributed by atoms with van der Waals surface area (Å²) in [6.45, 7) is 4.80. The van der Waals surface area contributed by atoms with Gasteiger partial charge in [-0.25, -0.2) is 17.5 Å². The molecular formula is C13H16FN3O3S. The molecule has 0 saturated carbocycles. The highest BCUT2D eigenvalue weighted by molar-refractivity contribution is 7.89. The highest BCUT2D eigenvalue weighted by Crippen LogP contribution is 2.22. The lowest BCUT2D eigenvalue weighted by molar-refractivity contribution is 0.392. The minimum atomic E-state index is -4.02. The molecule has 0 aliphatic rings. The normalized spacial score (nSPS) is 11.8. The molecule has 21 heavy (non-hydrogen) atoms. The van der Waals surface area contributed by atoms with E-state index < -0.39 is 20.7 Å². The van der Waals surface area contributed by atoms with Gasteiger partial charge in [-0.3, -0.25) is 0 Å². The molecule has 1 aromatic heterocycles. The minimum Gasteiger partial charge on any atom is -0.399 e. The average Bonchev–Trinajstić information content (AvgIpc) is 2.71. The van der Waals surface area contributed by atoms with E-state index in [4.69, 9.17) is 10.3 Å². The van der Waals surface area contributed by atoms with Crippen molar-refractivity contribution in [3.05, 3.63) is 40.5 Å². The Morgan fingerprint density at radius 1 is 1.33 bits per heavy atom. The third-order valence-corrected chi connectivity index (χ3v) is 4.55. The number of benzene rings is 1. The molecule has 3 N–H and O–H groups in total. The van der Waals surface area contributed by atoms with Gasteiger partial charge in [-0.1, -0.05) is 5.16 Å². The van der Waals surface area contributed by atoms with Crippen LogP contribution in [0.5, 0.6) is 0 Å². The summed E-state index contributed by atoms with van der Waals surface area (Å²) in [7, 11) is -4.02. The van der Waals surface area contributed by atoms with Crippen LogP contribution in [0.2, 0.25) is 0 Å². The fourth-order valence-corrected chi connectivity index (χ4v) is 3.14. The van der Waals surface area contributed by atoms with Crippen molar-refractivity contribution < 1.29 is 17.3 Å². The van der Waals surface area contributed by atoms with Gasteiger partial charge < -0.3 is 10.3 Å². The highest BCUT2D eigenvalue weighted by atomic mass is 32.2. The van der Waals surface area contributed by atoms with Crippen molar-refractivity contribution in [1.29, 1.82) is 0 Å². The number of nitrogens with two attached hydrogens (primary N) is 1. The lowest BCUT2D eigenvalue weighted by Crippen LogP contribution is -2.25. The van der Waals surface area contributed by atoms with Crippen LogP contribution in [0.4, 0.5) is 10.1 Å². The largest absolute Gasteiger partial charge is 0.399 e. The lowest BCUT2D eigenvalue weighted by atomic mass is 10.2. The summed E-state index contributed by atoms with van der Waals surface area (Å²) in [5.41, 5.74) is 7.15. The molecular weight excluding hydrogens is 297 g/mol. The number of aromatic nitrogens is 1. The van der Waals surface area contributed by atoms with Gasteiger partial charge in [-0.05, 0) is 38.5 Å². The topological polar surface area (TPSA) is 98.2 Å². The molecule has 0 radical (unpaired) electrons. The third kappa shape index (κ3) is 3.06. The molecule has 0 saturated heterocycles. The molecule has 2 rings (SSSR count). The van der Waals surface area contributed by atoms with Crippen molar-refractivity contribution in [2.75, 3.05) is 5.73 Å². The molecule has 6 nitrogen and oxygen atoms in total. The molecule has 0 fully saturated rings. The molecule has 8 heteroatoms. The zero-order valence-corrected chi connectivity index (χ0v) is 12.7. The lowest BCUT2D eigenvalue weighted by Gasteiger charge is -2.10. The fourth-order valence-electron chi connectivity index (χ4n) is 1.96. The van der Waals surface area contributed by atoms with E-state index in [2.05, 4.69) is 9.88 Å². The zero-order chi connectivity index (χ0) is 15.8. The van der Waals surface area contributed by atoms with Crippen LogP contribution in [0.3, 0.4) is 0 Å². The predicted octanol–water partition coefficient (Wildman–Crippen LogP) is 1.80. The quantitative estimate of drug-likeness (QED) is 0.839. The smallest absolute Gasteiger partial charge is 0.243 e. The van der Waals surface area contributed by atoms with E-state index in [0.717, 1.165) is 6.07 Å². The van der Waals surface area contributed by atoms with E-state index in [-0.39, 0.29) is 17.8 Å². The maximum absolute atomic E-state index is 14.0. The summed E-state index contributed by atoms with van der Waals surface area (Å²) in [4.78, 5) is -0.466. The number of rotatable bonds is 4. The van der Waals surface area contributed by atoms with Gasteiger partial charge in [0.25, 0.3) is 0 Å². The van der Waals surface area contributed by atoms with Crippen LogP contribution in [-0.4, -0.2) is 13.6 Å². The van der Waals surface area contributed by atoms with Gasteiger partial charge in [0.05, 0.1) is 5.69 Å². The van der Waals surface area contributed by atoms with E-state index >= 15 is 0 Å². The molecule has 114 valence electrons. The van der Waals surface area contributed by atoms with Crippen LogP contribution in [-0.2, 0) is 16.6 Å². The number of hydrogen-bond acceptors (Lipinski definition) is 5. The highest BCUT2D eigenvalue weighted by Gasteiger charge is 2.22. The summed E-state index contributed by atoms with van der Waals surface area (Å²) >= 11 is 0. The Labute approximate surface area is 122 Å². The summed E-state index contributed by atoms with van der Waals surface area (Å²) in [6, 6.07) is 2.47. The van der Waals surface area contributed by atoms with Gasteiger partial charge >= 0.3 is 0 Å². The second-order valence-corrected chi connectivity index (χ2v) is 6.51. The number of aryl methyl sites for hydroxylation is 3. The number of hydrogen-bond donors (Lipinski definition) is 2.